The third-order valence-corrected chi connectivity index (χ3v) is 5.70. The van der Waals surface area contributed by atoms with Gasteiger partial charge >= 0.3 is 0 Å². The summed E-state index contributed by atoms with van der Waals surface area (Å²) >= 11 is 1.58. The van der Waals surface area contributed by atoms with Crippen molar-refractivity contribution >= 4 is 17.2 Å². The van der Waals surface area contributed by atoms with Crippen molar-refractivity contribution in [3.05, 3.63) is 81.3 Å². The molecular weight excluding hydrogens is 368 g/mol. The monoisotopic (exact) mass is 392 g/mol. The maximum absolute atomic E-state index is 13.0. The van der Waals surface area contributed by atoms with Crippen molar-refractivity contribution in [2.75, 3.05) is 0 Å². The van der Waals surface area contributed by atoms with Crippen molar-refractivity contribution in [1.82, 2.24) is 9.88 Å². The predicted molar refractivity (Wildman–Crippen MR) is 112 cm³/mol. The van der Waals surface area contributed by atoms with Crippen LogP contribution < -0.4 is 4.74 Å². The molecule has 1 heterocycles. The lowest BCUT2D eigenvalue weighted by Crippen LogP contribution is -2.32. The lowest BCUT2D eigenvalue weighted by molar-refractivity contribution is 0.0728. The maximum Gasteiger partial charge on any atom is 0.254 e. The molecule has 0 unspecified atom stereocenters. The Morgan fingerprint density at radius 3 is 2.64 bits per heavy atom. The summed E-state index contributed by atoms with van der Waals surface area (Å²) in [6.45, 7) is 5.07. The summed E-state index contributed by atoms with van der Waals surface area (Å²) in [6.07, 6.45) is 2.15. The molecule has 1 fully saturated rings. The Balaban J connectivity index is 1.41. The second kappa shape index (κ2) is 8.15. The Hall–Kier alpha value is -2.66. The first-order chi connectivity index (χ1) is 13.6. The van der Waals surface area contributed by atoms with Gasteiger partial charge in [-0.1, -0.05) is 35.4 Å². The first kappa shape index (κ1) is 18.7. The van der Waals surface area contributed by atoms with Gasteiger partial charge in [-0.2, -0.15) is 0 Å². The van der Waals surface area contributed by atoms with Gasteiger partial charge in [0.15, 0.2) is 0 Å². The molecule has 0 aliphatic heterocycles. The highest BCUT2D eigenvalue weighted by atomic mass is 32.1. The Morgan fingerprint density at radius 1 is 1.14 bits per heavy atom. The van der Waals surface area contributed by atoms with Crippen LogP contribution in [-0.4, -0.2) is 21.8 Å². The highest BCUT2D eigenvalue weighted by molar-refractivity contribution is 7.09. The van der Waals surface area contributed by atoms with Crippen LogP contribution in [0.25, 0.3) is 0 Å². The predicted octanol–water partition coefficient (Wildman–Crippen LogP) is 5.14. The number of ether oxygens (including phenoxy) is 1. The van der Waals surface area contributed by atoms with Crippen LogP contribution in [0.5, 0.6) is 5.75 Å². The summed E-state index contributed by atoms with van der Waals surface area (Å²) in [4.78, 5) is 19.7. The molecular formula is C23H24N2O2S. The fourth-order valence-electron chi connectivity index (χ4n) is 3.14. The standard InChI is InChI=1S/C23H24N2O2S/c1-16-6-10-21(11-7-16)27-14-22-24-19(15-28-22)13-25(20-8-9-20)23(26)18-5-3-4-17(2)12-18/h3-7,10-12,15,20H,8-9,13-14H2,1-2H3. The second-order valence-corrected chi connectivity index (χ2v) is 8.31. The van der Waals surface area contributed by atoms with Crippen LogP contribution >= 0.6 is 11.3 Å². The number of aromatic nitrogens is 1. The molecule has 2 aromatic carbocycles. The molecule has 1 amide bonds. The van der Waals surface area contributed by atoms with Gasteiger partial charge < -0.3 is 9.64 Å². The lowest BCUT2D eigenvalue weighted by Gasteiger charge is -2.21. The van der Waals surface area contributed by atoms with E-state index in [0.29, 0.717) is 19.2 Å². The Morgan fingerprint density at radius 2 is 1.93 bits per heavy atom. The van der Waals surface area contributed by atoms with Crippen molar-refractivity contribution in [3.63, 3.8) is 0 Å². The molecule has 0 atom stereocenters. The van der Waals surface area contributed by atoms with Crippen LogP contribution in [0.4, 0.5) is 0 Å². The van der Waals surface area contributed by atoms with Crippen molar-refractivity contribution in [1.29, 1.82) is 0 Å². The number of carbonyl (C=O) groups is 1. The molecule has 0 spiro atoms. The zero-order chi connectivity index (χ0) is 19.5. The quantitative estimate of drug-likeness (QED) is 0.559. The summed E-state index contributed by atoms with van der Waals surface area (Å²) in [6, 6.07) is 16.2. The van der Waals surface area contributed by atoms with Crippen LogP contribution in [0.3, 0.4) is 0 Å². The highest BCUT2D eigenvalue weighted by Crippen LogP contribution is 2.30. The van der Waals surface area contributed by atoms with Gasteiger partial charge in [-0.05, 0) is 51.0 Å². The molecule has 0 saturated heterocycles. The van der Waals surface area contributed by atoms with Crippen molar-refractivity contribution in [2.24, 2.45) is 0 Å². The molecule has 4 nitrogen and oxygen atoms in total. The number of benzene rings is 2. The number of rotatable bonds is 7. The zero-order valence-corrected chi connectivity index (χ0v) is 17.0. The van der Waals surface area contributed by atoms with Crippen LogP contribution in [0.1, 0.15) is 45.0 Å². The van der Waals surface area contributed by atoms with E-state index >= 15 is 0 Å². The van der Waals surface area contributed by atoms with Gasteiger partial charge in [0, 0.05) is 17.0 Å². The van der Waals surface area contributed by atoms with Crippen LogP contribution in [0, 0.1) is 13.8 Å². The zero-order valence-electron chi connectivity index (χ0n) is 16.2. The summed E-state index contributed by atoms with van der Waals surface area (Å²) in [7, 11) is 0. The minimum atomic E-state index is 0.0941. The maximum atomic E-state index is 13.0. The molecule has 144 valence electrons. The Kier molecular flexibility index (Phi) is 5.44. The molecule has 28 heavy (non-hydrogen) atoms. The normalized spacial score (nSPS) is 13.4. The van der Waals surface area contributed by atoms with Crippen molar-refractivity contribution in [3.8, 4) is 5.75 Å². The number of amides is 1. The number of thiazole rings is 1. The second-order valence-electron chi connectivity index (χ2n) is 7.37. The van der Waals surface area contributed by atoms with Gasteiger partial charge in [0.1, 0.15) is 17.4 Å². The van der Waals surface area contributed by atoms with Crippen LogP contribution in [0.15, 0.2) is 53.9 Å². The molecule has 1 saturated carbocycles. The van der Waals surface area contributed by atoms with Crippen LogP contribution in [0.2, 0.25) is 0 Å². The minimum Gasteiger partial charge on any atom is -0.486 e. The van der Waals surface area contributed by atoms with E-state index in [1.165, 1.54) is 5.56 Å². The Labute approximate surface area is 169 Å². The number of carbonyl (C=O) groups excluding carboxylic acids is 1. The van der Waals surface area contributed by atoms with Crippen LogP contribution in [-0.2, 0) is 13.2 Å². The lowest BCUT2D eigenvalue weighted by atomic mass is 10.1. The first-order valence-corrected chi connectivity index (χ1v) is 10.5. The summed E-state index contributed by atoms with van der Waals surface area (Å²) in [5.74, 6) is 0.938. The van der Waals surface area contributed by atoms with E-state index < -0.39 is 0 Å². The van der Waals surface area contributed by atoms with Gasteiger partial charge in [-0.3, -0.25) is 4.79 Å². The molecule has 0 bridgehead atoms. The van der Waals surface area contributed by atoms with Crippen molar-refractivity contribution < 1.29 is 9.53 Å². The molecule has 0 radical (unpaired) electrons. The van der Waals surface area contributed by atoms with Gasteiger partial charge in [-0.25, -0.2) is 4.98 Å². The van der Waals surface area contributed by atoms with E-state index in [1.54, 1.807) is 11.3 Å². The number of hydrogen-bond acceptors (Lipinski definition) is 4. The molecule has 0 N–H and O–H groups in total. The third-order valence-electron chi connectivity index (χ3n) is 4.83. The average Bonchev–Trinajstić information content (AvgIpc) is 3.44. The molecule has 5 heteroatoms. The fourth-order valence-corrected chi connectivity index (χ4v) is 3.84. The van der Waals surface area contributed by atoms with E-state index in [9.17, 15) is 4.79 Å². The first-order valence-electron chi connectivity index (χ1n) is 9.59. The van der Waals surface area contributed by atoms with Gasteiger partial charge in [0.2, 0.25) is 0 Å². The smallest absolute Gasteiger partial charge is 0.254 e. The Bertz CT molecular complexity index is 961. The minimum absolute atomic E-state index is 0.0941. The topological polar surface area (TPSA) is 42.4 Å². The highest BCUT2D eigenvalue weighted by Gasteiger charge is 2.33. The fraction of sp³-hybridized carbons (Fsp3) is 0.304. The van der Waals surface area contributed by atoms with E-state index in [-0.39, 0.29) is 5.91 Å². The average molecular weight is 393 g/mol. The molecule has 3 aromatic rings. The van der Waals surface area contributed by atoms with Gasteiger partial charge in [0.05, 0.1) is 12.2 Å². The third kappa shape index (κ3) is 4.60. The van der Waals surface area contributed by atoms with E-state index in [2.05, 4.69) is 11.9 Å². The van der Waals surface area contributed by atoms with E-state index in [4.69, 9.17) is 4.74 Å². The number of hydrogen-bond donors (Lipinski definition) is 0. The van der Waals surface area contributed by atoms with Gasteiger partial charge in [-0.15, -0.1) is 11.3 Å². The molecule has 1 aliphatic rings. The summed E-state index contributed by atoms with van der Waals surface area (Å²) in [5, 5.41) is 2.96. The van der Waals surface area contributed by atoms with Crippen molar-refractivity contribution in [2.45, 2.75) is 45.9 Å². The molecule has 4 rings (SSSR count). The van der Waals surface area contributed by atoms with Gasteiger partial charge in [0.25, 0.3) is 5.91 Å². The summed E-state index contributed by atoms with van der Waals surface area (Å²) < 4.78 is 5.82. The molecule has 1 aromatic heterocycles. The molecule has 1 aliphatic carbocycles. The van der Waals surface area contributed by atoms with E-state index in [1.807, 2.05) is 65.7 Å². The number of nitrogens with zero attached hydrogens (tertiary/aromatic N) is 2. The van der Waals surface area contributed by atoms with E-state index in [0.717, 1.165) is 40.4 Å². The largest absolute Gasteiger partial charge is 0.486 e. The summed E-state index contributed by atoms with van der Waals surface area (Å²) in [5.41, 5.74) is 4.00. The SMILES string of the molecule is Cc1ccc(OCc2nc(CN(C(=O)c3cccc(C)c3)C3CC3)cs2)cc1. The number of aryl methyl sites for hydroxylation is 2.